The predicted octanol–water partition coefficient (Wildman–Crippen LogP) is 5.65. The zero-order chi connectivity index (χ0) is 26.9. The number of hydrogen-bond acceptors (Lipinski definition) is 4. The minimum Gasteiger partial charge on any atom is -0.480 e. The highest BCUT2D eigenvalue weighted by Gasteiger charge is 2.43. The van der Waals surface area contributed by atoms with Crippen molar-refractivity contribution >= 4 is 27.5 Å². The minimum absolute atomic E-state index is 0.114. The highest BCUT2D eigenvalue weighted by Crippen LogP contribution is 2.26. The van der Waals surface area contributed by atoms with Crippen molar-refractivity contribution in [3.63, 3.8) is 0 Å². The smallest absolute Gasteiger partial charge is 0.324 e. The molecule has 2 N–H and O–H groups in total. The van der Waals surface area contributed by atoms with Crippen LogP contribution in [0.4, 0.5) is 19.3 Å². The molecule has 0 unspecified atom stereocenters. The van der Waals surface area contributed by atoms with E-state index in [0.29, 0.717) is 24.6 Å². The third-order valence-electron chi connectivity index (χ3n) is 6.06. The van der Waals surface area contributed by atoms with E-state index in [1.165, 1.54) is 23.1 Å². The number of benzene rings is 2. The summed E-state index contributed by atoms with van der Waals surface area (Å²) in [6, 6.07) is 8.34. The molecule has 0 bridgehead atoms. The molecule has 0 aliphatic rings. The molecule has 0 aliphatic heterocycles. The maximum atomic E-state index is 14.1. The van der Waals surface area contributed by atoms with Crippen molar-refractivity contribution in [2.45, 2.75) is 68.9 Å². The van der Waals surface area contributed by atoms with E-state index < -0.39 is 38.2 Å². The maximum absolute atomic E-state index is 14.1. The van der Waals surface area contributed by atoms with Crippen molar-refractivity contribution in [3.05, 3.63) is 59.7 Å². The number of carboxylic acids is 1. The molecule has 0 atom stereocenters. The summed E-state index contributed by atoms with van der Waals surface area (Å²) in [5, 5.41) is 11.8. The minimum atomic E-state index is -4.15. The molecule has 2 amide bonds. The number of nitrogens with one attached hydrogen (secondary N) is 1. The first-order valence-electron chi connectivity index (χ1n) is 12.0. The van der Waals surface area contributed by atoms with E-state index in [4.69, 9.17) is 0 Å². The van der Waals surface area contributed by atoms with Gasteiger partial charge in [0, 0.05) is 19.2 Å². The summed E-state index contributed by atoms with van der Waals surface area (Å²) in [5.41, 5.74) is 0.468. The first-order valence-corrected chi connectivity index (χ1v) is 13.5. The van der Waals surface area contributed by atoms with Crippen LogP contribution in [0.3, 0.4) is 0 Å². The summed E-state index contributed by atoms with van der Waals surface area (Å²) in [7, 11) is -4.15. The third-order valence-corrected chi connectivity index (χ3v) is 8.45. The quantitative estimate of drug-likeness (QED) is 0.330. The predicted molar refractivity (Wildman–Crippen MR) is 135 cm³/mol. The fraction of sp³-hybridized carbons (Fsp3) is 0.462. The third kappa shape index (κ3) is 7.49. The zero-order valence-electron chi connectivity index (χ0n) is 20.9. The number of aliphatic carboxylic acids is 1. The Morgan fingerprint density at radius 2 is 1.69 bits per heavy atom. The SMILES string of the molecule is CCCCCCCN(CCc1cccc(S(=O)(=O)C(C)(C)C(=O)O)c1)C(=O)Nc1ccc(F)cc1F. The fourth-order valence-corrected chi connectivity index (χ4v) is 4.93. The van der Waals surface area contributed by atoms with Crippen LogP contribution in [0.15, 0.2) is 47.4 Å². The van der Waals surface area contributed by atoms with Gasteiger partial charge in [0.25, 0.3) is 0 Å². The van der Waals surface area contributed by atoms with Crippen LogP contribution in [0.25, 0.3) is 0 Å². The Kier molecular flexibility index (Phi) is 10.4. The van der Waals surface area contributed by atoms with Gasteiger partial charge in [-0.2, -0.15) is 0 Å². The topological polar surface area (TPSA) is 104 Å². The number of nitrogens with zero attached hydrogens (tertiary/aromatic N) is 1. The van der Waals surface area contributed by atoms with E-state index in [-0.39, 0.29) is 17.1 Å². The van der Waals surface area contributed by atoms with Crippen LogP contribution in [0.1, 0.15) is 58.4 Å². The number of halogens is 2. The van der Waals surface area contributed by atoms with Crippen molar-refractivity contribution in [2.75, 3.05) is 18.4 Å². The van der Waals surface area contributed by atoms with Crippen LogP contribution < -0.4 is 5.32 Å². The van der Waals surface area contributed by atoms with Gasteiger partial charge in [0.2, 0.25) is 0 Å². The van der Waals surface area contributed by atoms with Gasteiger partial charge in [0.1, 0.15) is 11.6 Å². The number of amides is 2. The van der Waals surface area contributed by atoms with Gasteiger partial charge in [-0.05, 0) is 56.5 Å². The molecule has 2 aromatic carbocycles. The molecule has 0 saturated heterocycles. The normalized spacial score (nSPS) is 11.8. The Morgan fingerprint density at radius 3 is 2.33 bits per heavy atom. The molecule has 0 fully saturated rings. The van der Waals surface area contributed by atoms with E-state index in [0.717, 1.165) is 58.1 Å². The Hall–Kier alpha value is -3.01. The van der Waals surface area contributed by atoms with Gasteiger partial charge >= 0.3 is 12.0 Å². The van der Waals surface area contributed by atoms with Crippen molar-refractivity contribution in [1.82, 2.24) is 4.90 Å². The molecule has 0 saturated carbocycles. The van der Waals surface area contributed by atoms with Crippen LogP contribution >= 0.6 is 0 Å². The zero-order valence-corrected chi connectivity index (χ0v) is 21.7. The molecule has 36 heavy (non-hydrogen) atoms. The molecule has 0 radical (unpaired) electrons. The molecular weight excluding hydrogens is 490 g/mol. The number of carbonyl (C=O) groups is 2. The van der Waals surface area contributed by atoms with Crippen LogP contribution in [0.5, 0.6) is 0 Å². The van der Waals surface area contributed by atoms with Crippen LogP contribution in [-0.4, -0.2) is 48.3 Å². The molecule has 0 aromatic heterocycles. The number of sulfone groups is 1. The largest absolute Gasteiger partial charge is 0.480 e. The van der Waals surface area contributed by atoms with Gasteiger partial charge in [0.15, 0.2) is 14.6 Å². The van der Waals surface area contributed by atoms with Crippen LogP contribution in [-0.2, 0) is 21.1 Å². The molecule has 7 nitrogen and oxygen atoms in total. The van der Waals surface area contributed by atoms with Crippen molar-refractivity contribution in [2.24, 2.45) is 0 Å². The summed E-state index contributed by atoms with van der Waals surface area (Å²) in [6.45, 7) is 4.99. The molecule has 0 heterocycles. The average molecular weight is 525 g/mol. The molecule has 10 heteroatoms. The Labute approximate surface area is 211 Å². The van der Waals surface area contributed by atoms with Gasteiger partial charge in [0.05, 0.1) is 10.6 Å². The summed E-state index contributed by atoms with van der Waals surface area (Å²) < 4.78 is 51.0. The van der Waals surface area contributed by atoms with E-state index in [2.05, 4.69) is 12.2 Å². The second-order valence-corrected chi connectivity index (χ2v) is 11.7. The number of rotatable bonds is 13. The van der Waals surface area contributed by atoms with E-state index in [9.17, 15) is 31.9 Å². The molecule has 2 rings (SSSR count). The second kappa shape index (κ2) is 12.8. The monoisotopic (exact) mass is 524 g/mol. The molecule has 2 aromatic rings. The van der Waals surface area contributed by atoms with E-state index >= 15 is 0 Å². The maximum Gasteiger partial charge on any atom is 0.324 e. The number of hydrogen-bond donors (Lipinski definition) is 2. The Balaban J connectivity index is 2.18. The van der Waals surface area contributed by atoms with Crippen molar-refractivity contribution < 1.29 is 31.9 Å². The van der Waals surface area contributed by atoms with Crippen LogP contribution in [0, 0.1) is 11.6 Å². The van der Waals surface area contributed by atoms with Crippen molar-refractivity contribution in [3.8, 4) is 0 Å². The molecule has 0 spiro atoms. The van der Waals surface area contributed by atoms with Gasteiger partial charge in [-0.3, -0.25) is 4.79 Å². The van der Waals surface area contributed by atoms with Gasteiger partial charge < -0.3 is 15.3 Å². The number of urea groups is 1. The number of unbranched alkanes of at least 4 members (excludes halogenated alkanes) is 4. The lowest BCUT2D eigenvalue weighted by atomic mass is 10.1. The van der Waals surface area contributed by atoms with Crippen LogP contribution in [0.2, 0.25) is 0 Å². The Morgan fingerprint density at radius 1 is 1.00 bits per heavy atom. The fourth-order valence-electron chi connectivity index (χ4n) is 3.55. The van der Waals surface area contributed by atoms with Gasteiger partial charge in [-0.1, -0.05) is 44.7 Å². The van der Waals surface area contributed by atoms with Gasteiger partial charge in [-0.15, -0.1) is 0 Å². The number of anilines is 1. The summed E-state index contributed by atoms with van der Waals surface area (Å²) in [4.78, 5) is 25.8. The lowest BCUT2D eigenvalue weighted by Crippen LogP contribution is -2.40. The number of carboxylic acid groups (broad SMARTS) is 1. The van der Waals surface area contributed by atoms with E-state index in [1.54, 1.807) is 6.07 Å². The number of carbonyl (C=O) groups excluding carboxylic acids is 1. The summed E-state index contributed by atoms with van der Waals surface area (Å²) in [6.07, 6.45) is 5.14. The molecular formula is C26H34F2N2O5S. The average Bonchev–Trinajstić information content (AvgIpc) is 2.82. The lowest BCUT2D eigenvalue weighted by Gasteiger charge is -2.24. The molecule has 0 aliphatic carbocycles. The highest BCUT2D eigenvalue weighted by atomic mass is 32.2. The lowest BCUT2D eigenvalue weighted by molar-refractivity contribution is -0.139. The second-order valence-electron chi connectivity index (χ2n) is 9.17. The van der Waals surface area contributed by atoms with Crippen molar-refractivity contribution in [1.29, 1.82) is 0 Å². The highest BCUT2D eigenvalue weighted by molar-refractivity contribution is 7.93. The summed E-state index contributed by atoms with van der Waals surface area (Å²) >= 11 is 0. The Bertz CT molecular complexity index is 1170. The molecule has 198 valence electrons. The first-order chi connectivity index (χ1) is 16.9. The standard InChI is InChI=1S/C26H34F2N2O5S/c1-4-5-6-7-8-15-30(25(33)29-23-13-12-20(27)18-22(23)28)16-14-19-10-9-11-21(17-19)36(34,35)26(2,3)24(31)32/h9-13,17-18H,4-8,14-16H2,1-3H3,(H,29,33)(H,31,32). The van der Waals surface area contributed by atoms with Gasteiger partial charge in [-0.25, -0.2) is 22.0 Å². The van der Waals surface area contributed by atoms with E-state index in [1.807, 2.05) is 0 Å². The first kappa shape index (κ1) is 29.2. The summed E-state index contributed by atoms with van der Waals surface area (Å²) in [5.74, 6) is -3.09.